The number of thiazole rings is 1. The van der Waals surface area contributed by atoms with Gasteiger partial charge in [-0.15, -0.1) is 11.3 Å². The van der Waals surface area contributed by atoms with Crippen LogP contribution < -0.4 is 4.90 Å². The minimum atomic E-state index is -3.39. The number of fused-ring (bicyclic) bond motifs is 2. The van der Waals surface area contributed by atoms with E-state index in [-0.39, 0.29) is 23.1 Å². The Kier molecular flexibility index (Phi) is 4.95. The van der Waals surface area contributed by atoms with Gasteiger partial charge in [-0.2, -0.15) is 0 Å². The van der Waals surface area contributed by atoms with Crippen LogP contribution in [0.15, 0.2) is 29.3 Å². The predicted molar refractivity (Wildman–Crippen MR) is 111 cm³/mol. The maximum atomic E-state index is 13.1. The van der Waals surface area contributed by atoms with Crippen LogP contribution in [0.25, 0.3) is 0 Å². The maximum absolute atomic E-state index is 13.1. The zero-order valence-electron chi connectivity index (χ0n) is 16.0. The molecule has 1 atom stereocenters. The summed E-state index contributed by atoms with van der Waals surface area (Å²) in [6.07, 6.45) is 3.49. The van der Waals surface area contributed by atoms with Crippen LogP contribution in [0.3, 0.4) is 0 Å². The van der Waals surface area contributed by atoms with E-state index < -0.39 is 15.3 Å². The number of aromatic nitrogens is 1. The summed E-state index contributed by atoms with van der Waals surface area (Å²) in [6.45, 7) is 2.99. The van der Waals surface area contributed by atoms with Crippen LogP contribution in [0.5, 0.6) is 0 Å². The van der Waals surface area contributed by atoms with Gasteiger partial charge in [0.05, 0.1) is 17.5 Å². The number of amides is 2. The van der Waals surface area contributed by atoms with E-state index in [1.165, 1.54) is 36.8 Å². The first-order valence-electron chi connectivity index (χ1n) is 9.10. The average molecular weight is 454 g/mol. The molecule has 1 aromatic heterocycles. The van der Waals surface area contributed by atoms with E-state index in [9.17, 15) is 18.0 Å². The molecule has 10 heteroatoms. The number of hydrogen-bond donors (Lipinski definition) is 0. The van der Waals surface area contributed by atoms with E-state index in [1.54, 1.807) is 21.9 Å². The first kappa shape index (κ1) is 20.3. The number of hydrogen-bond acceptors (Lipinski definition) is 6. The molecule has 1 fully saturated rings. The van der Waals surface area contributed by atoms with Crippen molar-refractivity contribution in [3.63, 3.8) is 0 Å². The smallest absolute Gasteiger partial charge is 0.233 e. The summed E-state index contributed by atoms with van der Waals surface area (Å²) in [4.78, 5) is 32.8. The molecule has 1 unspecified atom stereocenters. The number of sulfone groups is 1. The van der Waals surface area contributed by atoms with Crippen molar-refractivity contribution in [3.05, 3.63) is 39.3 Å². The quantitative estimate of drug-likeness (QED) is 0.711. The topological polar surface area (TPSA) is 87.7 Å². The third kappa shape index (κ3) is 3.67. The molecule has 29 heavy (non-hydrogen) atoms. The van der Waals surface area contributed by atoms with Gasteiger partial charge in [0.25, 0.3) is 0 Å². The van der Waals surface area contributed by atoms with Crippen LogP contribution in [-0.2, 0) is 31.3 Å². The van der Waals surface area contributed by atoms with Crippen LogP contribution in [0.2, 0.25) is 4.34 Å². The molecule has 0 saturated carbocycles. The normalized spacial score (nSPS) is 21.1. The molecule has 1 saturated heterocycles. The lowest BCUT2D eigenvalue weighted by Gasteiger charge is -2.25. The molecule has 1 aromatic carbocycles. The molecular weight excluding hydrogens is 434 g/mol. The number of likely N-dealkylation sites (tertiary alicyclic amines) is 1. The summed E-state index contributed by atoms with van der Waals surface area (Å²) in [6, 6.07) is 4.90. The molecule has 2 amide bonds. The van der Waals surface area contributed by atoms with Crippen molar-refractivity contribution in [2.45, 2.75) is 30.1 Å². The van der Waals surface area contributed by atoms with Crippen molar-refractivity contribution < 1.29 is 18.0 Å². The highest BCUT2D eigenvalue weighted by Gasteiger charge is 2.49. The minimum absolute atomic E-state index is 0.0232. The van der Waals surface area contributed by atoms with Gasteiger partial charge in [-0.1, -0.05) is 11.6 Å². The Morgan fingerprint density at radius 1 is 1.31 bits per heavy atom. The number of carbonyl (C=O) groups excluding carboxylic acids is 2. The number of benzene rings is 1. The summed E-state index contributed by atoms with van der Waals surface area (Å²) in [7, 11) is -3.39. The Balaban J connectivity index is 1.73. The highest BCUT2D eigenvalue weighted by molar-refractivity contribution is 7.90. The van der Waals surface area contributed by atoms with Gasteiger partial charge in [-0.05, 0) is 30.2 Å². The minimum Gasteiger partial charge on any atom is -0.342 e. The Morgan fingerprint density at radius 2 is 2.07 bits per heavy atom. The summed E-state index contributed by atoms with van der Waals surface area (Å²) in [5, 5.41) is 0.632. The molecule has 0 bridgehead atoms. The first-order valence-corrected chi connectivity index (χ1v) is 12.2. The average Bonchev–Trinajstić information content (AvgIpc) is 3.33. The number of halogens is 1. The lowest BCUT2D eigenvalue weighted by molar-refractivity contribution is -0.127. The van der Waals surface area contributed by atoms with Crippen LogP contribution in [-0.4, -0.2) is 56.0 Å². The van der Waals surface area contributed by atoms with E-state index in [2.05, 4.69) is 4.98 Å². The van der Waals surface area contributed by atoms with Crippen molar-refractivity contribution in [3.8, 4) is 0 Å². The molecule has 0 radical (unpaired) electrons. The number of rotatable bonds is 3. The van der Waals surface area contributed by atoms with Gasteiger partial charge in [0.1, 0.15) is 9.34 Å². The molecule has 4 rings (SSSR count). The fourth-order valence-corrected chi connectivity index (χ4v) is 5.78. The third-order valence-electron chi connectivity index (χ3n) is 5.65. The Bertz CT molecular complexity index is 1110. The van der Waals surface area contributed by atoms with E-state index >= 15 is 0 Å². The van der Waals surface area contributed by atoms with Crippen LogP contribution in [0.1, 0.15) is 23.9 Å². The van der Waals surface area contributed by atoms with Gasteiger partial charge in [0.2, 0.25) is 11.8 Å². The van der Waals surface area contributed by atoms with Crippen molar-refractivity contribution in [2.75, 3.05) is 30.8 Å². The van der Waals surface area contributed by atoms with Gasteiger partial charge in [0, 0.05) is 43.9 Å². The molecule has 2 aliphatic rings. The molecule has 1 spiro atoms. The second-order valence-corrected chi connectivity index (χ2v) is 11.4. The monoisotopic (exact) mass is 453 g/mol. The van der Waals surface area contributed by atoms with Crippen LogP contribution >= 0.6 is 22.9 Å². The summed E-state index contributed by atoms with van der Waals surface area (Å²) < 4.78 is 24.7. The van der Waals surface area contributed by atoms with Crippen molar-refractivity contribution >= 4 is 50.3 Å². The maximum Gasteiger partial charge on any atom is 0.233 e. The first-order chi connectivity index (χ1) is 13.6. The van der Waals surface area contributed by atoms with Gasteiger partial charge in [-0.25, -0.2) is 13.4 Å². The van der Waals surface area contributed by atoms with Gasteiger partial charge >= 0.3 is 0 Å². The second-order valence-electron chi connectivity index (χ2n) is 7.64. The molecular formula is C19H20ClN3O4S2. The zero-order chi connectivity index (χ0) is 21.0. The lowest BCUT2D eigenvalue weighted by atomic mass is 9.81. The molecule has 0 N–H and O–H groups in total. The fraction of sp³-hybridized carbons (Fsp3) is 0.421. The Labute approximate surface area is 178 Å². The highest BCUT2D eigenvalue weighted by Crippen LogP contribution is 2.47. The van der Waals surface area contributed by atoms with Gasteiger partial charge < -0.3 is 9.80 Å². The van der Waals surface area contributed by atoms with Gasteiger partial charge in [-0.3, -0.25) is 9.59 Å². The van der Waals surface area contributed by atoms with Gasteiger partial charge in [0.15, 0.2) is 9.84 Å². The van der Waals surface area contributed by atoms with Crippen LogP contribution in [0.4, 0.5) is 5.69 Å². The largest absolute Gasteiger partial charge is 0.342 e. The molecule has 0 aliphatic carbocycles. The molecule has 7 nitrogen and oxygen atoms in total. The second kappa shape index (κ2) is 7.07. The van der Waals surface area contributed by atoms with Crippen LogP contribution in [0, 0.1) is 0 Å². The number of nitrogens with zero attached hydrogens (tertiary/aromatic N) is 3. The van der Waals surface area contributed by atoms with E-state index in [1.807, 2.05) is 0 Å². The third-order valence-corrected chi connectivity index (χ3v) is 7.87. The van der Waals surface area contributed by atoms with Crippen molar-refractivity contribution in [2.24, 2.45) is 0 Å². The molecule has 154 valence electrons. The van der Waals surface area contributed by atoms with Crippen molar-refractivity contribution in [1.82, 2.24) is 9.88 Å². The highest BCUT2D eigenvalue weighted by atomic mass is 35.5. The SMILES string of the molecule is CC(=O)N1CCC2(C1)CN(C(=O)Cc1ncc(Cl)s1)c1ccc(S(C)(=O)=O)cc12. The Morgan fingerprint density at radius 3 is 2.66 bits per heavy atom. The fourth-order valence-electron chi connectivity index (χ4n) is 4.19. The van der Waals surface area contributed by atoms with E-state index in [4.69, 9.17) is 11.6 Å². The molecule has 2 aliphatic heterocycles. The summed E-state index contributed by atoms with van der Waals surface area (Å²) >= 11 is 7.19. The zero-order valence-corrected chi connectivity index (χ0v) is 18.4. The molecule has 2 aromatic rings. The number of carbonyl (C=O) groups is 2. The standard InChI is InChI=1S/C19H20ClN3O4S2/c1-12(24)22-6-5-19(10-22)11-23(18(25)8-17-21-9-16(20)28-17)15-4-3-13(7-14(15)19)29(2,26)27/h3-4,7,9H,5-6,8,10-11H2,1-2H3. The number of anilines is 1. The summed E-state index contributed by atoms with van der Waals surface area (Å²) in [5.41, 5.74) is 1.06. The Hall–Kier alpha value is -1.97. The lowest BCUT2D eigenvalue weighted by Crippen LogP contribution is -2.40. The summed E-state index contributed by atoms with van der Waals surface area (Å²) in [5.74, 6) is -0.146. The van der Waals surface area contributed by atoms with E-state index in [0.29, 0.717) is 41.1 Å². The molecule has 3 heterocycles. The predicted octanol–water partition coefficient (Wildman–Crippen LogP) is 2.28. The van der Waals surface area contributed by atoms with Crippen molar-refractivity contribution in [1.29, 1.82) is 0 Å². The van der Waals surface area contributed by atoms with E-state index in [0.717, 1.165) is 5.56 Å².